The smallest absolute Gasteiger partial charge is 0.289 e. The molecule has 0 aliphatic carbocycles. The Labute approximate surface area is 213 Å². The fourth-order valence-electron chi connectivity index (χ4n) is 4.33. The van der Waals surface area contributed by atoms with Crippen molar-refractivity contribution in [2.45, 2.75) is 18.8 Å². The Morgan fingerprint density at radius 1 is 0.946 bits per heavy atom. The maximum atomic E-state index is 12.9. The molecule has 186 valence electrons. The van der Waals surface area contributed by atoms with E-state index in [0.29, 0.717) is 41.0 Å². The summed E-state index contributed by atoms with van der Waals surface area (Å²) in [5.74, 6) is -0.660. The van der Waals surface area contributed by atoms with Crippen LogP contribution in [-0.2, 0) is 0 Å². The fraction of sp³-hybridized carbons (Fsp3) is 0.200. The van der Waals surface area contributed by atoms with Crippen LogP contribution in [0.25, 0.3) is 22.0 Å². The number of nitrogens with zero attached hydrogens (tertiary/aromatic N) is 4. The number of rotatable bonds is 4. The van der Waals surface area contributed by atoms with Gasteiger partial charge in [0, 0.05) is 35.3 Å². The normalized spacial score (nSPS) is 14.2. The minimum absolute atomic E-state index is 0.122. The number of thiazole rings is 1. The lowest BCUT2D eigenvalue weighted by molar-refractivity contribution is 0.0683. The highest BCUT2D eigenvalue weighted by Gasteiger charge is 2.28. The summed E-state index contributed by atoms with van der Waals surface area (Å²) in [6.45, 7) is 1.15. The average Bonchev–Trinajstić information content (AvgIpc) is 3.70. The number of aromatic nitrogens is 3. The van der Waals surface area contributed by atoms with Gasteiger partial charge in [0.15, 0.2) is 5.76 Å². The molecule has 1 aliphatic heterocycles. The molecule has 3 amide bonds. The number of para-hydroxylation sites is 1. The first-order chi connectivity index (χ1) is 18.0. The van der Waals surface area contributed by atoms with Crippen molar-refractivity contribution in [1.29, 1.82) is 0 Å². The number of piperidine rings is 1. The van der Waals surface area contributed by atoms with Gasteiger partial charge >= 0.3 is 0 Å². The van der Waals surface area contributed by atoms with E-state index in [1.54, 1.807) is 28.5 Å². The molecule has 0 saturated carbocycles. The summed E-state index contributed by atoms with van der Waals surface area (Å²) >= 11 is 1.39. The van der Waals surface area contributed by atoms with Crippen LogP contribution in [0.3, 0.4) is 0 Å². The summed E-state index contributed by atoms with van der Waals surface area (Å²) in [4.78, 5) is 44.1. The van der Waals surface area contributed by atoms with Crippen molar-refractivity contribution in [3.05, 3.63) is 75.9 Å². The van der Waals surface area contributed by atoms with E-state index in [1.807, 2.05) is 24.3 Å². The topological polar surface area (TPSA) is 143 Å². The van der Waals surface area contributed by atoms with E-state index in [1.165, 1.54) is 17.4 Å². The molecule has 0 radical (unpaired) electrons. The standard InChI is InChI=1S/C25H20N6O5S/c32-22(16-5-6-17-18(11-16)30-36-29-17)27-28-23(33)19-13-37-24(26-19)14-7-9-31(10-8-14)25(34)21-12-15-3-1-2-4-20(15)35-21/h1-6,11-14H,7-10H2,(H,27,32)(H,28,33). The van der Waals surface area contributed by atoms with Crippen LogP contribution in [0, 0.1) is 0 Å². The highest BCUT2D eigenvalue weighted by atomic mass is 32.1. The Kier molecular flexibility index (Phi) is 5.85. The van der Waals surface area contributed by atoms with E-state index in [-0.39, 0.29) is 17.5 Å². The lowest BCUT2D eigenvalue weighted by Crippen LogP contribution is -2.41. The minimum Gasteiger partial charge on any atom is -0.451 e. The Morgan fingerprint density at radius 3 is 2.57 bits per heavy atom. The van der Waals surface area contributed by atoms with Gasteiger partial charge in [-0.3, -0.25) is 25.2 Å². The van der Waals surface area contributed by atoms with Gasteiger partial charge in [-0.25, -0.2) is 9.61 Å². The predicted molar refractivity (Wildman–Crippen MR) is 133 cm³/mol. The molecule has 2 aromatic carbocycles. The number of nitrogens with one attached hydrogen (secondary N) is 2. The van der Waals surface area contributed by atoms with Crippen molar-refractivity contribution in [2.24, 2.45) is 0 Å². The number of likely N-dealkylation sites (tertiary alicyclic amines) is 1. The summed E-state index contributed by atoms with van der Waals surface area (Å²) in [5.41, 5.74) is 6.95. The van der Waals surface area contributed by atoms with Crippen LogP contribution in [0.1, 0.15) is 55.2 Å². The van der Waals surface area contributed by atoms with Crippen LogP contribution in [0.5, 0.6) is 0 Å². The Morgan fingerprint density at radius 2 is 1.73 bits per heavy atom. The number of hydrazine groups is 1. The van der Waals surface area contributed by atoms with Crippen LogP contribution >= 0.6 is 11.3 Å². The van der Waals surface area contributed by atoms with Crippen LogP contribution < -0.4 is 10.9 Å². The van der Waals surface area contributed by atoms with Gasteiger partial charge in [0.1, 0.15) is 22.3 Å². The van der Waals surface area contributed by atoms with Gasteiger partial charge in [0.2, 0.25) is 0 Å². The Balaban J connectivity index is 1.03. The van der Waals surface area contributed by atoms with E-state index in [2.05, 4.69) is 30.8 Å². The molecule has 12 heteroatoms. The van der Waals surface area contributed by atoms with Crippen molar-refractivity contribution < 1.29 is 23.4 Å². The predicted octanol–water partition coefficient (Wildman–Crippen LogP) is 3.52. The second-order valence-electron chi connectivity index (χ2n) is 8.66. The first-order valence-corrected chi connectivity index (χ1v) is 12.5. The minimum atomic E-state index is -0.516. The van der Waals surface area contributed by atoms with Gasteiger partial charge in [-0.1, -0.05) is 18.2 Å². The number of carbonyl (C=O) groups is 3. The molecule has 5 aromatic rings. The van der Waals surface area contributed by atoms with Gasteiger partial charge in [-0.2, -0.15) is 0 Å². The lowest BCUT2D eigenvalue weighted by Gasteiger charge is -2.30. The third-order valence-electron chi connectivity index (χ3n) is 6.33. The molecule has 1 aliphatic rings. The molecule has 0 unspecified atom stereocenters. The monoisotopic (exact) mass is 516 g/mol. The number of carbonyl (C=O) groups excluding carboxylic acids is 3. The molecular weight excluding hydrogens is 496 g/mol. The van der Waals surface area contributed by atoms with Crippen LogP contribution in [0.2, 0.25) is 0 Å². The zero-order chi connectivity index (χ0) is 25.4. The molecule has 0 spiro atoms. The van der Waals surface area contributed by atoms with Crippen molar-refractivity contribution in [1.82, 2.24) is 31.0 Å². The summed E-state index contributed by atoms with van der Waals surface area (Å²) in [7, 11) is 0. The summed E-state index contributed by atoms with van der Waals surface area (Å²) in [6.07, 6.45) is 1.47. The molecule has 4 heterocycles. The highest BCUT2D eigenvalue weighted by Crippen LogP contribution is 2.31. The van der Waals surface area contributed by atoms with E-state index in [4.69, 9.17) is 4.42 Å². The summed E-state index contributed by atoms with van der Waals surface area (Å²) < 4.78 is 10.3. The second kappa shape index (κ2) is 9.47. The number of benzene rings is 2. The van der Waals surface area contributed by atoms with Gasteiger partial charge in [0.05, 0.1) is 5.01 Å². The molecule has 1 fully saturated rings. The summed E-state index contributed by atoms with van der Waals surface area (Å²) in [6, 6.07) is 14.0. The lowest BCUT2D eigenvalue weighted by atomic mass is 9.97. The number of furan rings is 1. The molecule has 37 heavy (non-hydrogen) atoms. The molecule has 6 rings (SSSR count). The SMILES string of the molecule is O=C(NNC(=O)c1csc(C2CCN(C(=O)c3cc4ccccc4o3)CC2)n1)c1ccc2nonc2c1. The summed E-state index contributed by atoms with van der Waals surface area (Å²) in [5, 5.41) is 10.8. The van der Waals surface area contributed by atoms with Crippen LogP contribution in [0.15, 0.2) is 63.0 Å². The second-order valence-corrected chi connectivity index (χ2v) is 9.55. The van der Waals surface area contributed by atoms with Gasteiger partial charge in [0.25, 0.3) is 17.7 Å². The third-order valence-corrected chi connectivity index (χ3v) is 7.34. The maximum absolute atomic E-state index is 12.9. The van der Waals surface area contributed by atoms with E-state index < -0.39 is 11.8 Å². The molecule has 11 nitrogen and oxygen atoms in total. The molecule has 1 saturated heterocycles. The Hall–Kier alpha value is -4.58. The van der Waals surface area contributed by atoms with Crippen molar-refractivity contribution >= 4 is 51.1 Å². The van der Waals surface area contributed by atoms with E-state index in [9.17, 15) is 14.4 Å². The molecule has 3 aromatic heterocycles. The number of amides is 3. The maximum Gasteiger partial charge on any atom is 0.289 e. The van der Waals surface area contributed by atoms with Crippen molar-refractivity contribution in [3.8, 4) is 0 Å². The van der Waals surface area contributed by atoms with Crippen molar-refractivity contribution in [2.75, 3.05) is 13.1 Å². The van der Waals surface area contributed by atoms with E-state index >= 15 is 0 Å². The first kappa shape index (κ1) is 22.9. The Bertz CT molecular complexity index is 1600. The quantitative estimate of drug-likeness (QED) is 0.345. The first-order valence-electron chi connectivity index (χ1n) is 11.6. The number of hydrogen-bond donors (Lipinski definition) is 2. The largest absolute Gasteiger partial charge is 0.451 e. The third kappa shape index (κ3) is 4.54. The molecule has 2 N–H and O–H groups in total. The van der Waals surface area contributed by atoms with Crippen molar-refractivity contribution in [3.63, 3.8) is 0 Å². The van der Waals surface area contributed by atoms with Crippen LogP contribution in [0.4, 0.5) is 0 Å². The number of hydrogen-bond acceptors (Lipinski definition) is 9. The van der Waals surface area contributed by atoms with Crippen LogP contribution in [-0.4, -0.2) is 51.0 Å². The molecular formula is C25H20N6O5S. The van der Waals surface area contributed by atoms with Gasteiger partial charge in [-0.05, 0) is 53.5 Å². The van der Waals surface area contributed by atoms with E-state index in [0.717, 1.165) is 23.2 Å². The van der Waals surface area contributed by atoms with Gasteiger partial charge in [-0.15, -0.1) is 11.3 Å². The highest BCUT2D eigenvalue weighted by molar-refractivity contribution is 7.09. The average molecular weight is 517 g/mol. The zero-order valence-electron chi connectivity index (χ0n) is 19.3. The number of fused-ring (bicyclic) bond motifs is 2. The zero-order valence-corrected chi connectivity index (χ0v) is 20.2. The van der Waals surface area contributed by atoms with Gasteiger partial charge < -0.3 is 9.32 Å². The molecule has 0 bridgehead atoms. The molecule has 0 atom stereocenters. The fourth-order valence-corrected chi connectivity index (χ4v) is 5.30.